The van der Waals surface area contributed by atoms with Gasteiger partial charge in [-0.2, -0.15) is 5.10 Å². The summed E-state index contributed by atoms with van der Waals surface area (Å²) >= 11 is 1.54. The van der Waals surface area contributed by atoms with Crippen LogP contribution in [0.3, 0.4) is 0 Å². The highest BCUT2D eigenvalue weighted by atomic mass is 32.2. The van der Waals surface area contributed by atoms with Gasteiger partial charge in [-0.15, -0.1) is 0 Å². The second-order valence-electron chi connectivity index (χ2n) is 9.89. The molecule has 4 N–H and O–H groups in total. The van der Waals surface area contributed by atoms with E-state index in [2.05, 4.69) is 32.7 Å². The van der Waals surface area contributed by atoms with Gasteiger partial charge in [0.1, 0.15) is 6.33 Å². The molecule has 11 heteroatoms. The van der Waals surface area contributed by atoms with Crippen LogP contribution < -0.4 is 10.6 Å². The van der Waals surface area contributed by atoms with Gasteiger partial charge in [-0.25, -0.2) is 4.98 Å². The maximum Gasteiger partial charge on any atom is 0.224 e. The first-order valence-corrected chi connectivity index (χ1v) is 14.5. The molecular weight excluding hydrogens is 530 g/mol. The highest BCUT2D eigenvalue weighted by molar-refractivity contribution is 7.99. The van der Waals surface area contributed by atoms with Gasteiger partial charge >= 0.3 is 0 Å². The quantitative estimate of drug-likeness (QED) is 0.175. The molecule has 1 saturated heterocycles. The maximum absolute atomic E-state index is 12.5. The Kier molecular flexibility index (Phi) is 11.1. The van der Waals surface area contributed by atoms with E-state index in [1.165, 1.54) is 13.3 Å². The van der Waals surface area contributed by atoms with Crippen molar-refractivity contribution in [3.63, 3.8) is 0 Å². The predicted octanol–water partition coefficient (Wildman–Crippen LogP) is 4.52. The van der Waals surface area contributed by atoms with Crippen molar-refractivity contribution in [1.82, 2.24) is 20.5 Å². The fourth-order valence-corrected chi connectivity index (χ4v) is 5.52. The molecule has 0 spiro atoms. The number of aliphatic hydroxyl groups is 1. The summed E-state index contributed by atoms with van der Waals surface area (Å²) in [4.78, 5) is 27.7. The third kappa shape index (κ3) is 8.62. The number of aliphatic hydroxyl groups excluding tert-OH is 1. The van der Waals surface area contributed by atoms with Crippen molar-refractivity contribution in [2.75, 3.05) is 17.6 Å². The highest BCUT2D eigenvalue weighted by Crippen LogP contribution is 2.43. The van der Waals surface area contributed by atoms with Gasteiger partial charge in [0.15, 0.2) is 11.4 Å². The number of carbonyl (C=O) groups excluding carboxylic acids is 2. The van der Waals surface area contributed by atoms with Crippen LogP contribution in [0.2, 0.25) is 0 Å². The number of H-pyrrole nitrogens is 1. The molecule has 1 aliphatic rings. The van der Waals surface area contributed by atoms with Crippen LogP contribution >= 0.6 is 11.8 Å². The van der Waals surface area contributed by atoms with Crippen molar-refractivity contribution in [2.45, 2.75) is 69.8 Å². The minimum atomic E-state index is -0.635. The van der Waals surface area contributed by atoms with Crippen LogP contribution in [0.4, 0.5) is 5.69 Å². The molecule has 10 nitrogen and oxygen atoms in total. The average molecular weight is 568 g/mol. The lowest BCUT2D eigenvalue weighted by Gasteiger charge is -2.41. The standard InChI is InChI=1S/C29H37N5O5S/c1-19-25(17-40-29-31-18-32-34-29)38-28(39-27(19)22-12-10-21(16-35)11-13-22)23-7-6-8-24(15-23)33-26(37)9-4-3-5-14-30-20(2)36/h6-8,10-13,15,18-19,25,27-28,35H,3-5,9,14,16-17H2,1-2H3,(H,30,36)(H,33,37)(H,31,32,34). The summed E-state index contributed by atoms with van der Waals surface area (Å²) in [6.45, 7) is 4.22. The Morgan fingerprint density at radius 2 is 1.90 bits per heavy atom. The number of hydrogen-bond acceptors (Lipinski definition) is 8. The van der Waals surface area contributed by atoms with Crippen molar-refractivity contribution in [3.8, 4) is 0 Å². The van der Waals surface area contributed by atoms with Gasteiger partial charge in [0, 0.05) is 42.8 Å². The summed E-state index contributed by atoms with van der Waals surface area (Å²) in [6, 6.07) is 15.4. The lowest BCUT2D eigenvalue weighted by molar-refractivity contribution is -0.268. The zero-order valence-corrected chi connectivity index (χ0v) is 23.7. The van der Waals surface area contributed by atoms with Crippen molar-refractivity contribution in [1.29, 1.82) is 0 Å². The van der Waals surface area contributed by atoms with Crippen LogP contribution in [0, 0.1) is 5.92 Å². The fourth-order valence-electron chi connectivity index (χ4n) is 4.57. The number of nitrogens with one attached hydrogen (secondary N) is 3. The van der Waals surface area contributed by atoms with E-state index in [1.807, 2.05) is 48.5 Å². The SMILES string of the molecule is CC(=O)NCCCCCC(=O)Nc1cccc(C2OC(CSc3ncn[nH]3)C(C)C(c3ccc(CO)cc3)O2)c1. The molecule has 4 rings (SSSR count). The maximum atomic E-state index is 12.5. The number of rotatable bonds is 13. The number of amides is 2. The number of thioether (sulfide) groups is 1. The Labute approximate surface area is 238 Å². The second kappa shape index (κ2) is 14.9. The normalized spacial score (nSPS) is 20.7. The third-order valence-electron chi connectivity index (χ3n) is 6.80. The molecule has 4 atom stereocenters. The molecule has 2 amide bonds. The molecule has 3 aromatic rings. The smallest absolute Gasteiger partial charge is 0.224 e. The molecule has 0 bridgehead atoms. The van der Waals surface area contributed by atoms with Crippen molar-refractivity contribution in [3.05, 3.63) is 71.5 Å². The van der Waals surface area contributed by atoms with Gasteiger partial charge in [0.2, 0.25) is 11.8 Å². The number of unbranched alkanes of at least 4 members (excludes halogenated alkanes) is 2. The number of carbonyl (C=O) groups is 2. The van der Waals surface area contributed by atoms with Gasteiger partial charge in [0.25, 0.3) is 0 Å². The summed E-state index contributed by atoms with van der Waals surface area (Å²) in [7, 11) is 0. The topological polar surface area (TPSA) is 138 Å². The number of anilines is 1. The van der Waals surface area contributed by atoms with E-state index in [4.69, 9.17) is 9.47 Å². The van der Waals surface area contributed by atoms with Crippen molar-refractivity contribution >= 4 is 29.3 Å². The second-order valence-corrected chi connectivity index (χ2v) is 10.9. The zero-order chi connectivity index (χ0) is 28.3. The van der Waals surface area contributed by atoms with Gasteiger partial charge in [-0.3, -0.25) is 14.7 Å². The first-order valence-electron chi connectivity index (χ1n) is 13.6. The third-order valence-corrected chi connectivity index (χ3v) is 7.76. The van der Waals surface area contributed by atoms with E-state index >= 15 is 0 Å². The molecule has 2 heterocycles. The minimum Gasteiger partial charge on any atom is -0.392 e. The van der Waals surface area contributed by atoms with Gasteiger partial charge in [-0.05, 0) is 36.1 Å². The fraction of sp³-hybridized carbons (Fsp3) is 0.448. The molecule has 2 aromatic carbocycles. The Bertz CT molecular complexity index is 1220. The molecule has 0 radical (unpaired) electrons. The molecule has 1 aliphatic heterocycles. The van der Waals surface area contributed by atoms with E-state index in [9.17, 15) is 14.7 Å². The van der Waals surface area contributed by atoms with Crippen LogP contribution in [0.15, 0.2) is 60.0 Å². The monoisotopic (exact) mass is 567 g/mol. The van der Waals surface area contributed by atoms with Crippen LogP contribution in [0.25, 0.3) is 0 Å². The summed E-state index contributed by atoms with van der Waals surface area (Å²) in [5.74, 6) is 0.600. The van der Waals surface area contributed by atoms with Crippen molar-refractivity contribution < 1.29 is 24.2 Å². The largest absolute Gasteiger partial charge is 0.392 e. The van der Waals surface area contributed by atoms with E-state index in [0.717, 1.165) is 41.1 Å². The molecule has 0 saturated carbocycles. The lowest BCUT2D eigenvalue weighted by atomic mass is 9.91. The molecule has 40 heavy (non-hydrogen) atoms. The number of aromatic amines is 1. The number of ether oxygens (including phenoxy) is 2. The Balaban J connectivity index is 1.42. The van der Waals surface area contributed by atoms with Crippen molar-refractivity contribution in [2.24, 2.45) is 5.92 Å². The number of benzene rings is 2. The summed E-state index contributed by atoms with van der Waals surface area (Å²) < 4.78 is 13.0. The summed E-state index contributed by atoms with van der Waals surface area (Å²) in [5, 5.41) is 22.7. The number of nitrogens with zero attached hydrogens (tertiary/aromatic N) is 2. The van der Waals surface area contributed by atoms with Gasteiger partial charge < -0.3 is 25.2 Å². The van der Waals surface area contributed by atoms with E-state index < -0.39 is 6.29 Å². The van der Waals surface area contributed by atoms with Crippen LogP contribution in [0.1, 0.15) is 68.6 Å². The summed E-state index contributed by atoms with van der Waals surface area (Å²) in [5.41, 5.74) is 3.35. The zero-order valence-electron chi connectivity index (χ0n) is 22.8. The predicted molar refractivity (Wildman–Crippen MR) is 152 cm³/mol. The average Bonchev–Trinajstić information content (AvgIpc) is 3.48. The van der Waals surface area contributed by atoms with Gasteiger partial charge in [0.05, 0.1) is 18.8 Å². The molecule has 0 aliphatic carbocycles. The van der Waals surface area contributed by atoms with E-state index in [0.29, 0.717) is 24.4 Å². The van der Waals surface area contributed by atoms with Crippen LogP contribution in [-0.2, 0) is 25.7 Å². The molecule has 4 unspecified atom stereocenters. The van der Waals surface area contributed by atoms with Crippen LogP contribution in [0.5, 0.6) is 0 Å². The van der Waals surface area contributed by atoms with Crippen LogP contribution in [-0.4, -0.2) is 50.5 Å². The van der Waals surface area contributed by atoms with E-state index in [-0.39, 0.29) is 36.5 Å². The number of aromatic nitrogens is 3. The Morgan fingerprint density at radius 1 is 1.07 bits per heavy atom. The van der Waals surface area contributed by atoms with E-state index in [1.54, 1.807) is 11.8 Å². The Hall–Kier alpha value is -3.25. The first-order chi connectivity index (χ1) is 19.4. The molecule has 1 aromatic heterocycles. The summed E-state index contributed by atoms with van der Waals surface area (Å²) in [6.07, 6.45) is 3.33. The molecule has 214 valence electrons. The molecule has 1 fully saturated rings. The number of hydrogen-bond donors (Lipinski definition) is 4. The first kappa shape index (κ1) is 29.7. The minimum absolute atomic E-state index is 0.0148. The Morgan fingerprint density at radius 3 is 2.62 bits per heavy atom. The molecular formula is C29H37N5O5S. The lowest BCUT2D eigenvalue weighted by Crippen LogP contribution is -2.38. The van der Waals surface area contributed by atoms with Gasteiger partial charge in [-0.1, -0.05) is 61.5 Å². The highest BCUT2D eigenvalue weighted by Gasteiger charge is 2.38.